The molecule has 3 rings (SSSR count). The molecule has 0 saturated carbocycles. The van der Waals surface area contributed by atoms with Gasteiger partial charge >= 0.3 is 0 Å². The number of fused-ring (bicyclic) bond motifs is 1. The Morgan fingerprint density at radius 2 is 1.86 bits per heavy atom. The van der Waals surface area contributed by atoms with E-state index < -0.39 is 0 Å². The number of nitrogens with two attached hydrogens (primary N) is 2. The monoisotopic (exact) mass is 294 g/mol. The molecular weight excluding hydrogens is 272 g/mol. The second-order valence-electron chi connectivity index (χ2n) is 5.85. The summed E-state index contributed by atoms with van der Waals surface area (Å²) in [5, 5.41) is 7.95. The number of H-pyrrole nitrogens is 1. The molecule has 2 unspecified atom stereocenters. The maximum Gasteiger partial charge on any atom is 0.0671 e. The molecule has 0 aliphatic rings. The van der Waals surface area contributed by atoms with E-state index in [9.17, 15) is 0 Å². The Morgan fingerprint density at radius 3 is 2.50 bits per heavy atom. The number of aromatic amines is 1. The maximum atomic E-state index is 6.29. The Balaban J connectivity index is 1.99. The zero-order valence-corrected chi connectivity index (χ0v) is 13.0. The Kier molecular flexibility index (Phi) is 3.86. The summed E-state index contributed by atoms with van der Waals surface area (Å²) < 4.78 is 0. The van der Waals surface area contributed by atoms with Gasteiger partial charge in [0.25, 0.3) is 0 Å². The molecule has 0 bridgehead atoms. The van der Waals surface area contributed by atoms with Gasteiger partial charge in [-0.05, 0) is 36.5 Å². The van der Waals surface area contributed by atoms with E-state index in [-0.39, 0.29) is 6.04 Å². The van der Waals surface area contributed by atoms with Gasteiger partial charge in [-0.25, -0.2) is 0 Å². The van der Waals surface area contributed by atoms with Gasteiger partial charge in [0.1, 0.15) is 0 Å². The second kappa shape index (κ2) is 5.81. The van der Waals surface area contributed by atoms with E-state index >= 15 is 0 Å². The van der Waals surface area contributed by atoms with Gasteiger partial charge in [0.2, 0.25) is 0 Å². The molecular formula is C18H22N4. The highest BCUT2D eigenvalue weighted by molar-refractivity contribution is 5.98. The highest BCUT2D eigenvalue weighted by atomic mass is 15.1. The van der Waals surface area contributed by atoms with Gasteiger partial charge in [0.05, 0.1) is 17.4 Å². The third kappa shape index (κ3) is 2.46. The van der Waals surface area contributed by atoms with Crippen LogP contribution < -0.4 is 11.5 Å². The molecule has 5 N–H and O–H groups in total. The van der Waals surface area contributed by atoms with Crippen molar-refractivity contribution in [2.75, 3.05) is 5.73 Å². The molecule has 3 aromatic rings. The SMILES string of the molecule is CCC(c1ccc(-c2ccc3[nH]ncc3c2N)cc1)C(C)N. The number of nitrogens with zero attached hydrogens (tertiary/aromatic N) is 1. The normalized spacial score (nSPS) is 14.1. The minimum Gasteiger partial charge on any atom is -0.398 e. The van der Waals surface area contributed by atoms with Gasteiger partial charge in [0, 0.05) is 17.0 Å². The quantitative estimate of drug-likeness (QED) is 0.642. The molecule has 2 aromatic carbocycles. The predicted molar refractivity (Wildman–Crippen MR) is 92.6 cm³/mol. The van der Waals surface area contributed by atoms with Crippen LogP contribution in [0.5, 0.6) is 0 Å². The summed E-state index contributed by atoms with van der Waals surface area (Å²) in [4.78, 5) is 0. The molecule has 0 saturated heterocycles. The smallest absolute Gasteiger partial charge is 0.0671 e. The minimum atomic E-state index is 0.156. The molecule has 0 spiro atoms. The van der Waals surface area contributed by atoms with Gasteiger partial charge in [-0.3, -0.25) is 5.10 Å². The standard InChI is InChI=1S/C18H22N4/c1-3-14(11(2)19)12-4-6-13(7-5-12)15-8-9-17-16(18(15)20)10-21-22-17/h4-11,14H,3,19-20H2,1-2H3,(H,21,22). The fourth-order valence-corrected chi connectivity index (χ4v) is 3.11. The average molecular weight is 294 g/mol. The van der Waals surface area contributed by atoms with Crippen LogP contribution in [0.25, 0.3) is 22.0 Å². The minimum absolute atomic E-state index is 0.156. The van der Waals surface area contributed by atoms with E-state index in [1.165, 1.54) is 5.56 Å². The first-order valence-corrected chi connectivity index (χ1v) is 7.69. The first kappa shape index (κ1) is 14.6. The first-order chi connectivity index (χ1) is 10.6. The summed E-state index contributed by atoms with van der Waals surface area (Å²) >= 11 is 0. The summed E-state index contributed by atoms with van der Waals surface area (Å²) in [6.45, 7) is 4.24. The van der Waals surface area contributed by atoms with Crippen molar-refractivity contribution in [3.05, 3.63) is 48.2 Å². The summed E-state index contributed by atoms with van der Waals surface area (Å²) in [6.07, 6.45) is 2.81. The van der Waals surface area contributed by atoms with Gasteiger partial charge in [-0.2, -0.15) is 5.10 Å². The van der Waals surface area contributed by atoms with Crippen molar-refractivity contribution in [2.45, 2.75) is 32.2 Å². The highest BCUT2D eigenvalue weighted by Gasteiger charge is 2.14. The number of nitrogen functional groups attached to an aromatic ring is 1. The number of anilines is 1. The number of hydrogen-bond donors (Lipinski definition) is 3. The highest BCUT2D eigenvalue weighted by Crippen LogP contribution is 2.33. The molecule has 0 aliphatic carbocycles. The molecule has 4 nitrogen and oxygen atoms in total. The number of hydrogen-bond acceptors (Lipinski definition) is 3. The lowest BCUT2D eigenvalue weighted by atomic mass is 9.89. The predicted octanol–water partition coefficient (Wildman–Crippen LogP) is 3.65. The maximum absolute atomic E-state index is 6.29. The molecule has 0 aliphatic heterocycles. The van der Waals surface area contributed by atoms with Crippen LogP contribution in [0.4, 0.5) is 5.69 Å². The van der Waals surface area contributed by atoms with Crippen LogP contribution in [0.3, 0.4) is 0 Å². The zero-order valence-electron chi connectivity index (χ0n) is 13.0. The van der Waals surface area contributed by atoms with Gasteiger partial charge in [-0.15, -0.1) is 0 Å². The third-order valence-electron chi connectivity index (χ3n) is 4.39. The number of nitrogens with one attached hydrogen (secondary N) is 1. The van der Waals surface area contributed by atoms with E-state index in [2.05, 4.69) is 48.3 Å². The number of rotatable bonds is 4. The van der Waals surface area contributed by atoms with Crippen molar-refractivity contribution in [2.24, 2.45) is 5.73 Å². The van der Waals surface area contributed by atoms with Crippen LogP contribution in [0, 0.1) is 0 Å². The van der Waals surface area contributed by atoms with E-state index in [4.69, 9.17) is 11.5 Å². The summed E-state index contributed by atoms with van der Waals surface area (Å²) in [7, 11) is 0. The van der Waals surface area contributed by atoms with E-state index in [1.807, 2.05) is 12.1 Å². The number of benzene rings is 2. The van der Waals surface area contributed by atoms with E-state index in [1.54, 1.807) is 6.20 Å². The third-order valence-corrected chi connectivity index (χ3v) is 4.39. The van der Waals surface area contributed by atoms with Crippen molar-refractivity contribution in [1.29, 1.82) is 0 Å². The van der Waals surface area contributed by atoms with Gasteiger partial charge in [-0.1, -0.05) is 37.3 Å². The lowest BCUT2D eigenvalue weighted by Gasteiger charge is -2.19. The van der Waals surface area contributed by atoms with Crippen LogP contribution in [0.15, 0.2) is 42.6 Å². The zero-order chi connectivity index (χ0) is 15.7. The lowest BCUT2D eigenvalue weighted by molar-refractivity contribution is 0.553. The molecule has 114 valence electrons. The Morgan fingerprint density at radius 1 is 1.14 bits per heavy atom. The van der Waals surface area contributed by atoms with Crippen molar-refractivity contribution in [1.82, 2.24) is 10.2 Å². The summed E-state index contributed by atoms with van der Waals surface area (Å²) in [5.74, 6) is 0.391. The van der Waals surface area contributed by atoms with Crippen LogP contribution in [-0.2, 0) is 0 Å². The molecule has 0 amide bonds. The van der Waals surface area contributed by atoms with Crippen LogP contribution in [0.1, 0.15) is 31.7 Å². The summed E-state index contributed by atoms with van der Waals surface area (Å²) in [5.41, 5.74) is 17.5. The van der Waals surface area contributed by atoms with Crippen molar-refractivity contribution < 1.29 is 0 Å². The molecule has 0 radical (unpaired) electrons. The largest absolute Gasteiger partial charge is 0.398 e. The Hall–Kier alpha value is -2.33. The van der Waals surface area contributed by atoms with Crippen LogP contribution >= 0.6 is 0 Å². The fraction of sp³-hybridized carbons (Fsp3) is 0.278. The molecule has 2 atom stereocenters. The first-order valence-electron chi connectivity index (χ1n) is 7.69. The van der Waals surface area contributed by atoms with Crippen molar-refractivity contribution in [3.8, 4) is 11.1 Å². The van der Waals surface area contributed by atoms with E-state index in [0.29, 0.717) is 5.92 Å². The topological polar surface area (TPSA) is 80.7 Å². The second-order valence-corrected chi connectivity index (χ2v) is 5.85. The molecule has 1 aromatic heterocycles. The fourth-order valence-electron chi connectivity index (χ4n) is 3.11. The molecule has 1 heterocycles. The molecule has 22 heavy (non-hydrogen) atoms. The van der Waals surface area contributed by atoms with E-state index in [0.717, 1.165) is 34.1 Å². The van der Waals surface area contributed by atoms with Crippen molar-refractivity contribution in [3.63, 3.8) is 0 Å². The van der Waals surface area contributed by atoms with Crippen LogP contribution in [0.2, 0.25) is 0 Å². The summed E-state index contributed by atoms with van der Waals surface area (Å²) in [6, 6.07) is 12.8. The Labute approximate surface area is 130 Å². The molecule has 0 fully saturated rings. The van der Waals surface area contributed by atoms with Gasteiger partial charge < -0.3 is 11.5 Å². The molecule has 4 heteroatoms. The average Bonchev–Trinajstić information content (AvgIpc) is 2.98. The van der Waals surface area contributed by atoms with Crippen molar-refractivity contribution >= 4 is 16.6 Å². The van der Waals surface area contributed by atoms with Gasteiger partial charge in [0.15, 0.2) is 0 Å². The lowest BCUT2D eigenvalue weighted by Crippen LogP contribution is -2.24. The Bertz CT molecular complexity index is 771. The number of aromatic nitrogens is 2. The van der Waals surface area contributed by atoms with Crippen LogP contribution in [-0.4, -0.2) is 16.2 Å².